The third kappa shape index (κ3) is 3.79. The van der Waals surface area contributed by atoms with Gasteiger partial charge in [-0.05, 0) is 58.3 Å². The molecule has 5 heteroatoms. The fraction of sp³-hybridized carbons (Fsp3) is 0.211. The number of hydrogen-bond donors (Lipinski definition) is 0. The number of aromatic nitrogens is 1. The van der Waals surface area contributed by atoms with Gasteiger partial charge in [0.25, 0.3) is 0 Å². The molecule has 0 radical (unpaired) electrons. The average Bonchev–Trinajstić information content (AvgIpc) is 3.01. The molecule has 0 fully saturated rings. The molecule has 3 rings (SSSR count). The van der Waals surface area contributed by atoms with Gasteiger partial charge in [-0.2, -0.15) is 0 Å². The van der Waals surface area contributed by atoms with Crippen molar-refractivity contribution >= 4 is 49.6 Å². The average molecular weight is 404 g/mol. The highest BCUT2D eigenvalue weighted by Crippen LogP contribution is 2.37. The zero-order chi connectivity index (χ0) is 16.9. The van der Waals surface area contributed by atoms with E-state index in [4.69, 9.17) is 9.47 Å². The largest absolute Gasteiger partial charge is 0.493 e. The molecule has 124 valence electrons. The molecular formula is C19H18BrNO2S. The standard InChI is InChI=1S/C19H18BrNO2S/c1-3-10-23-19-14(20)11-13(12-16(19)22-2)8-9-18-21-15-6-4-5-7-17(15)24-18/h4-9,11-12H,3,10H2,1-2H3/b9-8+. The minimum atomic E-state index is 0.663. The maximum Gasteiger partial charge on any atom is 0.175 e. The Hall–Kier alpha value is -1.85. The molecule has 0 aliphatic heterocycles. The van der Waals surface area contributed by atoms with E-state index in [1.807, 2.05) is 42.5 Å². The first-order valence-corrected chi connectivity index (χ1v) is 9.36. The third-order valence-electron chi connectivity index (χ3n) is 3.43. The molecule has 1 aromatic heterocycles. The maximum absolute atomic E-state index is 5.76. The van der Waals surface area contributed by atoms with Gasteiger partial charge < -0.3 is 9.47 Å². The highest BCUT2D eigenvalue weighted by molar-refractivity contribution is 9.10. The molecule has 1 heterocycles. The van der Waals surface area contributed by atoms with E-state index < -0.39 is 0 Å². The quantitative estimate of drug-likeness (QED) is 0.503. The summed E-state index contributed by atoms with van der Waals surface area (Å²) in [4.78, 5) is 4.61. The van der Waals surface area contributed by atoms with Crippen molar-refractivity contribution in [1.29, 1.82) is 0 Å². The fourth-order valence-electron chi connectivity index (χ4n) is 2.31. The van der Waals surface area contributed by atoms with E-state index in [-0.39, 0.29) is 0 Å². The van der Waals surface area contributed by atoms with Crippen LogP contribution in [0.1, 0.15) is 23.9 Å². The molecule has 0 unspecified atom stereocenters. The van der Waals surface area contributed by atoms with Crippen molar-refractivity contribution in [3.63, 3.8) is 0 Å². The zero-order valence-electron chi connectivity index (χ0n) is 13.6. The molecule has 0 N–H and O–H groups in total. The molecule has 0 saturated heterocycles. The van der Waals surface area contributed by atoms with Gasteiger partial charge in [0, 0.05) is 0 Å². The van der Waals surface area contributed by atoms with Crippen molar-refractivity contribution < 1.29 is 9.47 Å². The van der Waals surface area contributed by atoms with Crippen molar-refractivity contribution in [3.8, 4) is 11.5 Å². The van der Waals surface area contributed by atoms with Crippen LogP contribution in [0.5, 0.6) is 11.5 Å². The summed E-state index contributed by atoms with van der Waals surface area (Å²) < 4.78 is 13.3. The van der Waals surface area contributed by atoms with Crippen molar-refractivity contribution in [3.05, 3.63) is 51.4 Å². The van der Waals surface area contributed by atoms with E-state index in [9.17, 15) is 0 Å². The number of methoxy groups -OCH3 is 1. The van der Waals surface area contributed by atoms with Crippen molar-refractivity contribution in [2.24, 2.45) is 0 Å². The van der Waals surface area contributed by atoms with E-state index in [1.165, 1.54) is 4.70 Å². The number of hydrogen-bond acceptors (Lipinski definition) is 4. The minimum absolute atomic E-state index is 0.663. The molecule has 0 spiro atoms. The number of rotatable bonds is 6. The molecule has 0 aliphatic carbocycles. The third-order valence-corrected chi connectivity index (χ3v) is 5.02. The number of benzene rings is 2. The van der Waals surface area contributed by atoms with Crippen molar-refractivity contribution in [2.75, 3.05) is 13.7 Å². The van der Waals surface area contributed by atoms with Crippen LogP contribution < -0.4 is 9.47 Å². The lowest BCUT2D eigenvalue weighted by atomic mass is 10.2. The predicted molar refractivity (Wildman–Crippen MR) is 105 cm³/mol. The van der Waals surface area contributed by atoms with Crippen LogP contribution in [0.4, 0.5) is 0 Å². The first-order chi connectivity index (χ1) is 11.7. The summed E-state index contributed by atoms with van der Waals surface area (Å²) in [7, 11) is 1.65. The zero-order valence-corrected chi connectivity index (χ0v) is 16.0. The van der Waals surface area contributed by atoms with E-state index in [1.54, 1.807) is 18.4 Å². The van der Waals surface area contributed by atoms with Gasteiger partial charge >= 0.3 is 0 Å². The Morgan fingerprint density at radius 2 is 2.04 bits per heavy atom. The van der Waals surface area contributed by atoms with Gasteiger partial charge in [-0.1, -0.05) is 25.1 Å². The summed E-state index contributed by atoms with van der Waals surface area (Å²) in [6.45, 7) is 2.74. The number of para-hydroxylation sites is 1. The van der Waals surface area contributed by atoms with Crippen LogP contribution >= 0.6 is 27.3 Å². The lowest BCUT2D eigenvalue weighted by Crippen LogP contribution is -1.99. The van der Waals surface area contributed by atoms with Gasteiger partial charge in [-0.3, -0.25) is 0 Å². The molecule has 0 bridgehead atoms. The normalized spacial score (nSPS) is 11.3. The minimum Gasteiger partial charge on any atom is -0.493 e. The lowest BCUT2D eigenvalue weighted by Gasteiger charge is -2.12. The van der Waals surface area contributed by atoms with Crippen molar-refractivity contribution in [2.45, 2.75) is 13.3 Å². The van der Waals surface area contributed by atoms with Gasteiger partial charge in [0.2, 0.25) is 0 Å². The van der Waals surface area contributed by atoms with Crippen LogP contribution in [0.15, 0.2) is 40.9 Å². The Morgan fingerprint density at radius 3 is 2.79 bits per heavy atom. The smallest absolute Gasteiger partial charge is 0.175 e. The van der Waals surface area contributed by atoms with Gasteiger partial charge in [0.1, 0.15) is 5.01 Å². The van der Waals surface area contributed by atoms with Gasteiger partial charge in [0.05, 0.1) is 28.4 Å². The summed E-state index contributed by atoms with van der Waals surface area (Å²) in [6.07, 6.45) is 5.02. The highest BCUT2D eigenvalue weighted by atomic mass is 79.9. The second-order valence-electron chi connectivity index (χ2n) is 5.24. The molecule has 2 aromatic carbocycles. The number of halogens is 1. The van der Waals surface area contributed by atoms with Crippen LogP contribution in [-0.4, -0.2) is 18.7 Å². The molecule has 3 aromatic rings. The fourth-order valence-corrected chi connectivity index (χ4v) is 3.75. The van der Waals surface area contributed by atoms with E-state index in [2.05, 4.69) is 33.9 Å². The Kier molecular flexibility index (Phi) is 5.53. The summed E-state index contributed by atoms with van der Waals surface area (Å²) in [5, 5.41) is 0.984. The molecule has 0 saturated carbocycles. The first kappa shape index (κ1) is 17.0. The molecule has 3 nitrogen and oxygen atoms in total. The van der Waals surface area contributed by atoms with Gasteiger partial charge in [0.15, 0.2) is 11.5 Å². The van der Waals surface area contributed by atoms with Gasteiger partial charge in [-0.25, -0.2) is 4.98 Å². The summed E-state index contributed by atoms with van der Waals surface area (Å²) in [5.41, 5.74) is 2.06. The molecule has 0 atom stereocenters. The second kappa shape index (κ2) is 7.81. The lowest BCUT2D eigenvalue weighted by molar-refractivity contribution is 0.292. The highest BCUT2D eigenvalue weighted by Gasteiger charge is 2.10. The van der Waals surface area contributed by atoms with Crippen LogP contribution in [0.2, 0.25) is 0 Å². The van der Waals surface area contributed by atoms with Gasteiger partial charge in [-0.15, -0.1) is 11.3 Å². The monoisotopic (exact) mass is 403 g/mol. The SMILES string of the molecule is CCCOc1c(Br)cc(/C=C/c2nc3ccccc3s2)cc1OC. The molecule has 0 aliphatic rings. The number of fused-ring (bicyclic) bond motifs is 1. The summed E-state index contributed by atoms with van der Waals surface area (Å²) in [6, 6.07) is 12.2. The number of thiazole rings is 1. The van der Waals surface area contributed by atoms with Crippen LogP contribution in [0, 0.1) is 0 Å². The Bertz CT molecular complexity index is 840. The Balaban J connectivity index is 1.87. The van der Waals surface area contributed by atoms with Crippen LogP contribution in [-0.2, 0) is 0 Å². The predicted octanol–water partition coefficient (Wildman–Crippen LogP) is 6.03. The van der Waals surface area contributed by atoms with E-state index >= 15 is 0 Å². The number of nitrogens with zero attached hydrogens (tertiary/aromatic N) is 1. The van der Waals surface area contributed by atoms with Crippen LogP contribution in [0.25, 0.3) is 22.4 Å². The number of ether oxygens (including phenoxy) is 2. The first-order valence-electron chi connectivity index (χ1n) is 7.75. The van der Waals surface area contributed by atoms with E-state index in [0.717, 1.165) is 38.5 Å². The summed E-state index contributed by atoms with van der Waals surface area (Å²) >= 11 is 5.25. The Morgan fingerprint density at radius 1 is 1.21 bits per heavy atom. The van der Waals surface area contributed by atoms with E-state index in [0.29, 0.717) is 6.61 Å². The maximum atomic E-state index is 5.76. The second-order valence-corrected chi connectivity index (χ2v) is 7.15. The van der Waals surface area contributed by atoms with Crippen molar-refractivity contribution in [1.82, 2.24) is 4.98 Å². The molecule has 24 heavy (non-hydrogen) atoms. The summed E-state index contributed by atoms with van der Waals surface area (Å²) in [5.74, 6) is 1.47. The topological polar surface area (TPSA) is 31.4 Å². The Labute approximate surface area is 154 Å². The molecular weight excluding hydrogens is 386 g/mol. The molecule has 0 amide bonds. The van der Waals surface area contributed by atoms with Crippen LogP contribution in [0.3, 0.4) is 0 Å².